The van der Waals surface area contributed by atoms with Crippen LogP contribution in [0.2, 0.25) is 0 Å². The zero-order valence-corrected chi connectivity index (χ0v) is 16.3. The van der Waals surface area contributed by atoms with E-state index in [4.69, 9.17) is 16.6 Å². The van der Waals surface area contributed by atoms with Gasteiger partial charge in [0.1, 0.15) is 17.6 Å². The molecule has 1 amide bonds. The summed E-state index contributed by atoms with van der Waals surface area (Å²) in [5.74, 6) is 2.45. The normalized spacial score (nSPS) is 17.4. The van der Waals surface area contributed by atoms with Gasteiger partial charge in [-0.15, -0.1) is 0 Å². The molecule has 3 rings (SSSR count). The number of amides is 1. The molecule has 0 saturated carbocycles. The number of hydrogen-bond donors (Lipinski definition) is 1. The molecule has 1 aliphatic rings. The van der Waals surface area contributed by atoms with E-state index in [9.17, 15) is 4.79 Å². The lowest BCUT2D eigenvalue weighted by Crippen LogP contribution is -2.31. The highest BCUT2D eigenvalue weighted by Crippen LogP contribution is 2.25. The van der Waals surface area contributed by atoms with Crippen LogP contribution in [0.1, 0.15) is 12.2 Å². The van der Waals surface area contributed by atoms with Crippen molar-refractivity contribution in [2.45, 2.75) is 19.0 Å². The van der Waals surface area contributed by atoms with Crippen LogP contribution in [-0.4, -0.2) is 34.0 Å². The minimum Gasteiger partial charge on any atom is -0.459 e. The molecule has 0 bridgehead atoms. The van der Waals surface area contributed by atoms with Gasteiger partial charge in [-0.05, 0) is 54.9 Å². The monoisotopic (exact) mass is 424 g/mol. The van der Waals surface area contributed by atoms with Crippen LogP contribution in [0.4, 0.5) is 0 Å². The summed E-state index contributed by atoms with van der Waals surface area (Å²) in [5, 5.41) is 3.58. The van der Waals surface area contributed by atoms with Crippen LogP contribution >= 0.6 is 39.9 Å². The molecule has 1 saturated heterocycles. The van der Waals surface area contributed by atoms with Crippen LogP contribution < -0.4 is 5.32 Å². The van der Waals surface area contributed by atoms with Crippen molar-refractivity contribution in [3.05, 3.63) is 46.6 Å². The highest BCUT2D eigenvalue weighted by molar-refractivity contribution is 9.10. The number of carbonyl (C=O) groups excluding carboxylic acids is 1. The number of halogens is 1. The van der Waals surface area contributed by atoms with Crippen LogP contribution in [0.3, 0.4) is 0 Å². The molecule has 2 aromatic rings. The first-order chi connectivity index (χ1) is 11.6. The van der Waals surface area contributed by atoms with Gasteiger partial charge in [-0.25, -0.2) is 0 Å². The Balaban J connectivity index is 1.69. The van der Waals surface area contributed by atoms with Gasteiger partial charge in [0, 0.05) is 10.0 Å². The van der Waals surface area contributed by atoms with Gasteiger partial charge in [0.25, 0.3) is 5.91 Å². The third-order valence-corrected chi connectivity index (χ3v) is 5.33. The van der Waals surface area contributed by atoms with E-state index in [0.717, 1.165) is 33.7 Å². The van der Waals surface area contributed by atoms with Crippen molar-refractivity contribution in [1.29, 1.82) is 0 Å². The van der Waals surface area contributed by atoms with Crippen molar-refractivity contribution < 1.29 is 9.21 Å². The van der Waals surface area contributed by atoms with E-state index in [0.29, 0.717) is 11.7 Å². The van der Waals surface area contributed by atoms with Crippen LogP contribution in [0, 0.1) is 0 Å². The number of rotatable bonds is 6. The summed E-state index contributed by atoms with van der Waals surface area (Å²) in [6, 6.07) is 11.5. The number of thioether (sulfide) groups is 1. The molecule has 2 heterocycles. The lowest BCUT2D eigenvalue weighted by Gasteiger charge is -2.13. The Morgan fingerprint density at radius 3 is 2.75 bits per heavy atom. The third-order valence-electron chi connectivity index (χ3n) is 3.82. The summed E-state index contributed by atoms with van der Waals surface area (Å²) >= 11 is 10.4. The van der Waals surface area contributed by atoms with E-state index in [1.807, 2.05) is 42.7 Å². The SMILES string of the molecule is CSCCC1NC(=S)N(Cc2ccc(-c3ccc(Br)cc3)o2)C1=O. The summed E-state index contributed by atoms with van der Waals surface area (Å²) in [4.78, 5) is 14.0. The lowest BCUT2D eigenvalue weighted by atomic mass is 10.2. The predicted molar refractivity (Wildman–Crippen MR) is 105 cm³/mol. The number of nitrogens with zero attached hydrogens (tertiary/aromatic N) is 1. The summed E-state index contributed by atoms with van der Waals surface area (Å²) in [7, 11) is 0. The summed E-state index contributed by atoms with van der Waals surface area (Å²) in [5.41, 5.74) is 0.996. The van der Waals surface area contributed by atoms with Crippen molar-refractivity contribution >= 4 is 50.9 Å². The average Bonchev–Trinajstić information content (AvgIpc) is 3.14. The van der Waals surface area contributed by atoms with Crippen molar-refractivity contribution in [2.75, 3.05) is 12.0 Å². The summed E-state index contributed by atoms with van der Waals surface area (Å²) in [6.45, 7) is 0.358. The predicted octanol–water partition coefficient (Wildman–Crippen LogP) is 4.05. The molecule has 1 aliphatic heterocycles. The molecular formula is C17H17BrN2O2S2. The molecular weight excluding hydrogens is 408 g/mol. The molecule has 0 aliphatic carbocycles. The number of thiocarbonyl (C=S) groups is 1. The van der Waals surface area contributed by atoms with E-state index in [-0.39, 0.29) is 11.9 Å². The highest BCUT2D eigenvalue weighted by atomic mass is 79.9. The maximum absolute atomic E-state index is 12.5. The molecule has 0 spiro atoms. The van der Waals surface area contributed by atoms with Crippen molar-refractivity contribution in [3.8, 4) is 11.3 Å². The number of furan rings is 1. The van der Waals surface area contributed by atoms with Gasteiger partial charge in [0.2, 0.25) is 0 Å². The van der Waals surface area contributed by atoms with Crippen LogP contribution in [0.15, 0.2) is 45.3 Å². The van der Waals surface area contributed by atoms with Crippen molar-refractivity contribution in [1.82, 2.24) is 10.2 Å². The van der Waals surface area contributed by atoms with Gasteiger partial charge in [-0.1, -0.05) is 28.1 Å². The van der Waals surface area contributed by atoms with Crippen LogP contribution in [-0.2, 0) is 11.3 Å². The quantitative estimate of drug-likeness (QED) is 0.708. The second-order valence-electron chi connectivity index (χ2n) is 5.48. The molecule has 126 valence electrons. The average molecular weight is 425 g/mol. The Bertz CT molecular complexity index is 745. The Morgan fingerprint density at radius 1 is 1.29 bits per heavy atom. The van der Waals surface area contributed by atoms with Gasteiger partial charge in [-0.3, -0.25) is 9.69 Å². The zero-order valence-electron chi connectivity index (χ0n) is 13.1. The van der Waals surface area contributed by atoms with E-state index >= 15 is 0 Å². The van der Waals surface area contributed by atoms with E-state index < -0.39 is 0 Å². The van der Waals surface area contributed by atoms with E-state index in [1.165, 1.54) is 0 Å². The van der Waals surface area contributed by atoms with Crippen LogP contribution in [0.5, 0.6) is 0 Å². The topological polar surface area (TPSA) is 45.5 Å². The minimum absolute atomic E-state index is 0.0237. The minimum atomic E-state index is -0.217. The standard InChI is InChI=1S/C17H17BrN2O2S2/c1-24-9-8-14-16(21)20(17(23)19-14)10-13-6-7-15(22-13)11-2-4-12(18)5-3-11/h2-7,14H,8-10H2,1H3,(H,19,23). The first-order valence-corrected chi connectivity index (χ1v) is 10.1. The first-order valence-electron chi connectivity index (χ1n) is 7.54. The molecule has 1 atom stereocenters. The molecule has 0 radical (unpaired) electrons. The number of carbonyl (C=O) groups is 1. The number of hydrogen-bond acceptors (Lipinski definition) is 4. The zero-order chi connectivity index (χ0) is 17.1. The molecule has 1 N–H and O–H groups in total. The lowest BCUT2D eigenvalue weighted by molar-refractivity contribution is -0.127. The molecule has 24 heavy (non-hydrogen) atoms. The van der Waals surface area contributed by atoms with Gasteiger partial charge in [-0.2, -0.15) is 11.8 Å². The maximum Gasteiger partial charge on any atom is 0.251 e. The Morgan fingerprint density at radius 2 is 2.04 bits per heavy atom. The molecule has 1 fully saturated rings. The van der Waals surface area contributed by atoms with Crippen LogP contribution in [0.25, 0.3) is 11.3 Å². The molecule has 1 unspecified atom stereocenters. The van der Waals surface area contributed by atoms with Gasteiger partial charge < -0.3 is 9.73 Å². The summed E-state index contributed by atoms with van der Waals surface area (Å²) < 4.78 is 6.91. The summed E-state index contributed by atoms with van der Waals surface area (Å²) in [6.07, 6.45) is 2.81. The molecule has 1 aromatic heterocycles. The Kier molecular flexibility index (Phi) is 5.63. The molecule has 4 nitrogen and oxygen atoms in total. The van der Waals surface area contributed by atoms with Gasteiger partial charge >= 0.3 is 0 Å². The third kappa shape index (κ3) is 3.84. The highest BCUT2D eigenvalue weighted by Gasteiger charge is 2.35. The van der Waals surface area contributed by atoms with E-state index in [2.05, 4.69) is 21.2 Å². The first kappa shape index (κ1) is 17.5. The molecule has 7 heteroatoms. The van der Waals surface area contributed by atoms with Gasteiger partial charge in [0.15, 0.2) is 5.11 Å². The van der Waals surface area contributed by atoms with Gasteiger partial charge in [0.05, 0.1) is 6.54 Å². The maximum atomic E-state index is 12.5. The fourth-order valence-electron chi connectivity index (χ4n) is 2.55. The largest absolute Gasteiger partial charge is 0.459 e. The second-order valence-corrected chi connectivity index (χ2v) is 7.77. The molecule has 1 aromatic carbocycles. The Labute approximate surface area is 159 Å². The fraction of sp³-hybridized carbons (Fsp3) is 0.294. The smallest absolute Gasteiger partial charge is 0.251 e. The van der Waals surface area contributed by atoms with Crippen molar-refractivity contribution in [2.24, 2.45) is 0 Å². The Hall–Kier alpha value is -1.31. The number of nitrogens with one attached hydrogen (secondary N) is 1. The number of benzene rings is 1. The fourth-order valence-corrected chi connectivity index (χ4v) is 3.58. The van der Waals surface area contributed by atoms with Crippen molar-refractivity contribution in [3.63, 3.8) is 0 Å². The van der Waals surface area contributed by atoms with E-state index in [1.54, 1.807) is 16.7 Å². The second kappa shape index (κ2) is 7.72.